The molecule has 3 aromatic carbocycles. The molecule has 0 bridgehead atoms. The van der Waals surface area contributed by atoms with Crippen LogP contribution in [0.2, 0.25) is 0 Å². The van der Waals surface area contributed by atoms with Gasteiger partial charge in [0.25, 0.3) is 0 Å². The van der Waals surface area contributed by atoms with E-state index in [0.717, 1.165) is 16.3 Å². The van der Waals surface area contributed by atoms with Gasteiger partial charge in [-0.2, -0.15) is 0 Å². The first-order chi connectivity index (χ1) is 17.9. The molecule has 3 aromatic rings. The Morgan fingerprint density at radius 3 is 2.22 bits per heavy atom. The average Bonchev–Trinajstić information content (AvgIpc) is 2.91. The number of hydrogen-bond donors (Lipinski definition) is 5. The highest BCUT2D eigenvalue weighted by atomic mass is 16.3. The molecule has 0 unspecified atom stereocenters. The molecular weight excluding hydrogens is 470 g/mol. The Hall–Kier alpha value is -4.01. The highest BCUT2D eigenvalue weighted by molar-refractivity contribution is 5.99. The molecule has 0 fully saturated rings. The number of carbonyl (C=O) groups is 3. The summed E-state index contributed by atoms with van der Waals surface area (Å²) in [6.07, 6.45) is 2.01. The molecule has 8 heteroatoms. The topological polar surface area (TPSA) is 128 Å². The maximum absolute atomic E-state index is 12.9. The second-order valence-corrected chi connectivity index (χ2v) is 8.86. The van der Waals surface area contributed by atoms with Gasteiger partial charge in [-0.15, -0.1) is 6.58 Å². The predicted molar refractivity (Wildman–Crippen MR) is 144 cm³/mol. The first-order valence-corrected chi connectivity index (χ1v) is 12.2. The quantitative estimate of drug-likeness (QED) is 0.229. The molecule has 5 N–H and O–H groups in total. The molecule has 0 aliphatic carbocycles. The van der Waals surface area contributed by atoms with Crippen molar-refractivity contribution in [2.45, 2.75) is 31.3 Å². The molecule has 0 heterocycles. The third-order valence-electron chi connectivity index (χ3n) is 6.00. The fourth-order valence-electron chi connectivity index (χ4n) is 4.03. The fraction of sp³-hybridized carbons (Fsp3) is 0.276. The van der Waals surface area contributed by atoms with Crippen LogP contribution in [0.4, 0.5) is 5.69 Å². The van der Waals surface area contributed by atoms with Crippen molar-refractivity contribution in [3.8, 4) is 0 Å². The zero-order valence-electron chi connectivity index (χ0n) is 20.6. The van der Waals surface area contributed by atoms with Crippen molar-refractivity contribution >= 4 is 34.2 Å². The zero-order valence-corrected chi connectivity index (χ0v) is 20.6. The van der Waals surface area contributed by atoms with E-state index in [-0.39, 0.29) is 19.4 Å². The van der Waals surface area contributed by atoms with E-state index in [4.69, 9.17) is 0 Å². The Balaban J connectivity index is 1.58. The maximum atomic E-state index is 12.9. The number of nitrogens with one attached hydrogen (secondary N) is 3. The van der Waals surface area contributed by atoms with Crippen molar-refractivity contribution in [3.05, 3.63) is 91.0 Å². The largest absolute Gasteiger partial charge is 0.394 e. The molecule has 3 rings (SSSR count). The Morgan fingerprint density at radius 2 is 1.54 bits per heavy atom. The van der Waals surface area contributed by atoms with Crippen molar-refractivity contribution in [1.82, 2.24) is 10.6 Å². The normalized spacial score (nSPS) is 13.2. The van der Waals surface area contributed by atoms with E-state index in [1.54, 1.807) is 12.1 Å². The Kier molecular flexibility index (Phi) is 10.4. The average molecular weight is 504 g/mol. The highest BCUT2D eigenvalue weighted by Crippen LogP contribution is 2.19. The van der Waals surface area contributed by atoms with Crippen molar-refractivity contribution < 1.29 is 24.6 Å². The molecule has 0 aliphatic heterocycles. The number of amides is 3. The minimum absolute atomic E-state index is 0.159. The third-order valence-corrected chi connectivity index (χ3v) is 6.00. The van der Waals surface area contributed by atoms with Crippen LogP contribution in [-0.4, -0.2) is 53.2 Å². The van der Waals surface area contributed by atoms with Gasteiger partial charge in [-0.25, -0.2) is 0 Å². The number of allylic oxidation sites excluding steroid dienone is 1. The summed E-state index contributed by atoms with van der Waals surface area (Å²) in [6, 6.07) is 20.9. The molecule has 0 saturated heterocycles. The molecule has 37 heavy (non-hydrogen) atoms. The zero-order chi connectivity index (χ0) is 26.6. The molecule has 0 aliphatic rings. The minimum atomic E-state index is -1.20. The van der Waals surface area contributed by atoms with E-state index in [1.807, 2.05) is 60.7 Å². The van der Waals surface area contributed by atoms with E-state index < -0.39 is 42.3 Å². The molecule has 3 atom stereocenters. The highest BCUT2D eigenvalue weighted by Gasteiger charge is 2.27. The number of rotatable bonds is 13. The standard InChI is InChI=1S/C29H33N3O5/c1-2-8-23(17-27(35)30-25(18-33)15-20-9-4-3-5-10-20)28(36)32-26(19-34)29(37)31-24-14-13-21-11-6-7-12-22(21)16-24/h2-7,9-14,16,23,25-26,33-34H,1,8,15,17-19H2,(H,30,35)(H,31,37)(H,32,36)/t23-,25-,26+/m1/s1. The van der Waals surface area contributed by atoms with Gasteiger partial charge >= 0.3 is 0 Å². The molecule has 0 saturated carbocycles. The van der Waals surface area contributed by atoms with E-state index >= 15 is 0 Å². The van der Waals surface area contributed by atoms with Crippen LogP contribution in [0.25, 0.3) is 10.8 Å². The summed E-state index contributed by atoms with van der Waals surface area (Å²) in [5, 5.41) is 29.5. The fourth-order valence-corrected chi connectivity index (χ4v) is 4.03. The lowest BCUT2D eigenvalue weighted by molar-refractivity contribution is -0.133. The Morgan fingerprint density at radius 1 is 0.838 bits per heavy atom. The van der Waals surface area contributed by atoms with Crippen molar-refractivity contribution in [3.63, 3.8) is 0 Å². The van der Waals surface area contributed by atoms with Crippen LogP contribution >= 0.6 is 0 Å². The Bertz CT molecular complexity index is 1210. The molecule has 194 valence electrons. The SMILES string of the molecule is C=CC[C@H](CC(=O)N[C@@H](CO)Cc1ccccc1)C(=O)N[C@@H](CO)C(=O)Nc1ccc2ccccc2c1. The van der Waals surface area contributed by atoms with Crippen LogP contribution in [0, 0.1) is 5.92 Å². The van der Waals surface area contributed by atoms with Crippen LogP contribution < -0.4 is 16.0 Å². The number of aliphatic hydroxyl groups excluding tert-OH is 2. The second kappa shape index (κ2) is 13.9. The van der Waals surface area contributed by atoms with Gasteiger partial charge in [0.1, 0.15) is 6.04 Å². The number of hydrogen-bond acceptors (Lipinski definition) is 5. The molecule has 0 radical (unpaired) electrons. The smallest absolute Gasteiger partial charge is 0.249 e. The first-order valence-electron chi connectivity index (χ1n) is 12.2. The van der Waals surface area contributed by atoms with Gasteiger partial charge in [-0.1, -0.05) is 66.7 Å². The van der Waals surface area contributed by atoms with Crippen molar-refractivity contribution in [2.75, 3.05) is 18.5 Å². The van der Waals surface area contributed by atoms with Crippen molar-refractivity contribution in [2.24, 2.45) is 5.92 Å². The van der Waals surface area contributed by atoms with Gasteiger partial charge in [-0.05, 0) is 41.3 Å². The summed E-state index contributed by atoms with van der Waals surface area (Å²) in [5.74, 6) is -2.32. The van der Waals surface area contributed by atoms with Crippen LogP contribution in [0.1, 0.15) is 18.4 Å². The Labute approximate surface area is 216 Å². The third kappa shape index (κ3) is 8.27. The van der Waals surface area contributed by atoms with Gasteiger partial charge in [0.15, 0.2) is 0 Å². The molecule has 0 aromatic heterocycles. The first kappa shape index (κ1) is 27.6. The van der Waals surface area contributed by atoms with Gasteiger partial charge in [0, 0.05) is 12.1 Å². The summed E-state index contributed by atoms with van der Waals surface area (Å²) >= 11 is 0. The van der Waals surface area contributed by atoms with Gasteiger partial charge in [0.2, 0.25) is 17.7 Å². The lowest BCUT2D eigenvalue weighted by Crippen LogP contribution is -2.49. The summed E-state index contributed by atoms with van der Waals surface area (Å²) in [6.45, 7) is 2.80. The number of aliphatic hydroxyl groups is 2. The monoisotopic (exact) mass is 503 g/mol. The predicted octanol–water partition coefficient (Wildman–Crippen LogP) is 2.56. The van der Waals surface area contributed by atoms with E-state index in [2.05, 4.69) is 22.5 Å². The summed E-state index contributed by atoms with van der Waals surface area (Å²) in [5.41, 5.74) is 1.50. The minimum Gasteiger partial charge on any atom is -0.394 e. The number of fused-ring (bicyclic) bond motifs is 1. The number of benzene rings is 3. The van der Waals surface area contributed by atoms with E-state index in [9.17, 15) is 24.6 Å². The number of carbonyl (C=O) groups excluding carboxylic acids is 3. The maximum Gasteiger partial charge on any atom is 0.249 e. The van der Waals surface area contributed by atoms with Gasteiger partial charge in [-0.3, -0.25) is 14.4 Å². The molecular formula is C29H33N3O5. The van der Waals surface area contributed by atoms with Crippen LogP contribution in [-0.2, 0) is 20.8 Å². The van der Waals surface area contributed by atoms with Crippen LogP contribution in [0.5, 0.6) is 0 Å². The molecule has 0 spiro atoms. The summed E-state index contributed by atoms with van der Waals surface area (Å²) < 4.78 is 0. The van der Waals surface area contributed by atoms with Crippen LogP contribution in [0.15, 0.2) is 85.5 Å². The van der Waals surface area contributed by atoms with Gasteiger partial charge < -0.3 is 26.2 Å². The summed E-state index contributed by atoms with van der Waals surface area (Å²) in [4.78, 5) is 38.4. The molecule has 8 nitrogen and oxygen atoms in total. The van der Waals surface area contributed by atoms with Crippen LogP contribution in [0.3, 0.4) is 0 Å². The lowest BCUT2D eigenvalue weighted by Gasteiger charge is -2.22. The second-order valence-electron chi connectivity index (χ2n) is 8.86. The van der Waals surface area contributed by atoms with Crippen molar-refractivity contribution in [1.29, 1.82) is 0 Å². The number of anilines is 1. The van der Waals surface area contributed by atoms with E-state index in [0.29, 0.717) is 12.1 Å². The van der Waals surface area contributed by atoms with E-state index in [1.165, 1.54) is 6.08 Å². The van der Waals surface area contributed by atoms with Gasteiger partial charge in [0.05, 0.1) is 25.2 Å². The lowest BCUT2D eigenvalue weighted by atomic mass is 9.98. The summed E-state index contributed by atoms with van der Waals surface area (Å²) in [7, 11) is 0. The molecule has 3 amide bonds.